The molecule has 1 amide bonds. The van der Waals surface area contributed by atoms with Crippen LogP contribution in [-0.4, -0.2) is 34.9 Å². The zero-order valence-corrected chi connectivity index (χ0v) is 13.9. The molecule has 0 radical (unpaired) electrons. The largest absolute Gasteiger partial charge is 0.435 e. The van der Waals surface area contributed by atoms with E-state index in [-0.39, 0.29) is 18.6 Å². The van der Waals surface area contributed by atoms with Gasteiger partial charge in [0.1, 0.15) is 0 Å². The number of halogens is 3. The van der Waals surface area contributed by atoms with E-state index in [0.717, 1.165) is 6.07 Å². The molecule has 0 saturated carbocycles. The molecule has 5 nitrogen and oxygen atoms in total. The highest BCUT2D eigenvalue weighted by Crippen LogP contribution is 2.28. The fourth-order valence-corrected chi connectivity index (χ4v) is 1.95. The van der Waals surface area contributed by atoms with E-state index in [1.807, 2.05) is 13.8 Å². The monoisotopic (exact) mass is 335 g/mol. The molecule has 0 aliphatic heterocycles. The molecule has 0 saturated heterocycles. The highest BCUT2D eigenvalue weighted by molar-refractivity contribution is 5.78. The van der Waals surface area contributed by atoms with Gasteiger partial charge in [0.05, 0.1) is 18.6 Å². The van der Waals surface area contributed by atoms with Crippen LogP contribution in [0.5, 0.6) is 0 Å². The molecule has 1 rings (SSSR count). The fourth-order valence-electron chi connectivity index (χ4n) is 1.95. The zero-order chi connectivity index (χ0) is 17.6. The fraction of sp³-hybridized carbons (Fsp3) is 0.733. The molecule has 8 heteroatoms. The maximum Gasteiger partial charge on any atom is 0.435 e. The smallest absolute Gasteiger partial charge is 0.379 e. The highest BCUT2D eigenvalue weighted by Gasteiger charge is 2.34. The third kappa shape index (κ3) is 6.60. The van der Waals surface area contributed by atoms with Gasteiger partial charge in [0.2, 0.25) is 5.91 Å². The van der Waals surface area contributed by atoms with Gasteiger partial charge in [-0.2, -0.15) is 18.3 Å². The molecule has 1 aromatic heterocycles. The van der Waals surface area contributed by atoms with Crippen LogP contribution in [0.4, 0.5) is 13.2 Å². The van der Waals surface area contributed by atoms with Crippen molar-refractivity contribution in [1.29, 1.82) is 0 Å². The summed E-state index contributed by atoms with van der Waals surface area (Å²) in [5.74, 6) is -0.682. The molecule has 0 bridgehead atoms. The summed E-state index contributed by atoms with van der Waals surface area (Å²) in [6, 6.07) is 0.980. The van der Waals surface area contributed by atoms with Gasteiger partial charge < -0.3 is 10.1 Å². The summed E-state index contributed by atoms with van der Waals surface area (Å²) >= 11 is 0. The Kier molecular flexibility index (Phi) is 7.05. The lowest BCUT2D eigenvalue weighted by Gasteiger charge is -2.14. The lowest BCUT2D eigenvalue weighted by molar-refractivity contribution is -0.141. The van der Waals surface area contributed by atoms with E-state index < -0.39 is 17.8 Å². The molecule has 1 unspecified atom stereocenters. The van der Waals surface area contributed by atoms with Gasteiger partial charge in [-0.1, -0.05) is 6.92 Å². The highest BCUT2D eigenvalue weighted by atomic mass is 19.4. The van der Waals surface area contributed by atoms with Crippen LogP contribution in [0.1, 0.15) is 38.6 Å². The van der Waals surface area contributed by atoms with Crippen molar-refractivity contribution in [2.75, 3.05) is 13.2 Å². The maximum absolute atomic E-state index is 12.6. The number of ether oxygens (including phenoxy) is 1. The van der Waals surface area contributed by atoms with E-state index in [1.165, 1.54) is 11.6 Å². The first-order valence-corrected chi connectivity index (χ1v) is 7.62. The molecule has 132 valence electrons. The third-order valence-electron chi connectivity index (χ3n) is 3.24. The zero-order valence-electron chi connectivity index (χ0n) is 13.9. The predicted molar refractivity (Wildman–Crippen MR) is 79.8 cm³/mol. The Morgan fingerprint density at radius 1 is 1.39 bits per heavy atom. The van der Waals surface area contributed by atoms with Gasteiger partial charge in [-0.05, 0) is 33.3 Å². The van der Waals surface area contributed by atoms with Crippen molar-refractivity contribution in [3.8, 4) is 0 Å². The molecular formula is C15H24F3N3O2. The lowest BCUT2D eigenvalue weighted by Crippen LogP contribution is -2.33. The topological polar surface area (TPSA) is 56.2 Å². The SMILES string of the molecule is Cc1cc(C(F)(F)F)nn1CC(C)C(=O)NCCCOC(C)C. The van der Waals surface area contributed by atoms with Crippen molar-refractivity contribution in [1.82, 2.24) is 15.1 Å². The quantitative estimate of drug-likeness (QED) is 0.743. The van der Waals surface area contributed by atoms with E-state index in [4.69, 9.17) is 4.74 Å². The second-order valence-electron chi connectivity index (χ2n) is 5.82. The Hall–Kier alpha value is -1.57. The Morgan fingerprint density at radius 3 is 2.57 bits per heavy atom. The normalized spacial score (nSPS) is 13.4. The first-order valence-electron chi connectivity index (χ1n) is 7.62. The Morgan fingerprint density at radius 2 is 2.04 bits per heavy atom. The summed E-state index contributed by atoms with van der Waals surface area (Å²) < 4.78 is 44.4. The van der Waals surface area contributed by atoms with Crippen molar-refractivity contribution in [3.63, 3.8) is 0 Å². The van der Waals surface area contributed by atoms with Gasteiger partial charge in [0, 0.05) is 18.8 Å². The number of rotatable bonds is 8. The van der Waals surface area contributed by atoms with Gasteiger partial charge in [0.25, 0.3) is 0 Å². The molecular weight excluding hydrogens is 311 g/mol. The summed E-state index contributed by atoms with van der Waals surface area (Å²) in [5, 5.41) is 6.27. The average Bonchev–Trinajstić information content (AvgIpc) is 2.79. The summed E-state index contributed by atoms with van der Waals surface area (Å²) in [7, 11) is 0. The number of aromatic nitrogens is 2. The molecule has 0 aromatic carbocycles. The van der Waals surface area contributed by atoms with Gasteiger partial charge in [-0.3, -0.25) is 9.48 Å². The van der Waals surface area contributed by atoms with Crippen LogP contribution in [0.15, 0.2) is 6.07 Å². The number of hydrogen-bond acceptors (Lipinski definition) is 3. The van der Waals surface area contributed by atoms with Gasteiger partial charge in [-0.25, -0.2) is 0 Å². The molecule has 1 aromatic rings. The molecule has 0 fully saturated rings. The van der Waals surface area contributed by atoms with E-state index in [9.17, 15) is 18.0 Å². The van der Waals surface area contributed by atoms with Crippen LogP contribution < -0.4 is 5.32 Å². The van der Waals surface area contributed by atoms with Crippen LogP contribution in [0.25, 0.3) is 0 Å². The van der Waals surface area contributed by atoms with Crippen molar-refractivity contribution in [3.05, 3.63) is 17.5 Å². The number of nitrogens with zero attached hydrogens (tertiary/aromatic N) is 2. The second kappa shape index (κ2) is 8.33. The number of alkyl halides is 3. The maximum atomic E-state index is 12.6. The summed E-state index contributed by atoms with van der Waals surface area (Å²) in [4.78, 5) is 11.9. The van der Waals surface area contributed by atoms with Crippen LogP contribution in [0.2, 0.25) is 0 Å². The minimum absolute atomic E-state index is 0.107. The summed E-state index contributed by atoms with van der Waals surface area (Å²) in [6.07, 6.45) is -3.64. The summed E-state index contributed by atoms with van der Waals surface area (Å²) in [6.45, 7) is 8.20. The predicted octanol–water partition coefficient (Wildman–Crippen LogP) is 2.78. The third-order valence-corrected chi connectivity index (χ3v) is 3.24. The number of carbonyl (C=O) groups excluding carboxylic acids is 1. The molecule has 1 N–H and O–H groups in total. The van der Waals surface area contributed by atoms with Gasteiger partial charge in [-0.15, -0.1) is 0 Å². The first-order chi connectivity index (χ1) is 10.6. The van der Waals surface area contributed by atoms with Crippen LogP contribution in [-0.2, 0) is 22.3 Å². The van der Waals surface area contributed by atoms with Crippen molar-refractivity contribution >= 4 is 5.91 Å². The van der Waals surface area contributed by atoms with Crippen LogP contribution >= 0.6 is 0 Å². The molecule has 0 aliphatic carbocycles. The number of amides is 1. The standard InChI is InChI=1S/C15H24F3N3O2/c1-10(2)23-7-5-6-19-14(22)11(3)9-21-12(4)8-13(20-21)15(16,17)18/h8,10-11H,5-7,9H2,1-4H3,(H,19,22). The van der Waals surface area contributed by atoms with E-state index in [2.05, 4.69) is 10.4 Å². The lowest BCUT2D eigenvalue weighted by atomic mass is 10.1. The number of nitrogens with one attached hydrogen (secondary N) is 1. The van der Waals surface area contributed by atoms with Crippen molar-refractivity contribution in [2.45, 2.75) is 52.9 Å². The minimum Gasteiger partial charge on any atom is -0.379 e. The number of aryl methyl sites for hydroxylation is 1. The Labute approximate surface area is 134 Å². The first kappa shape index (κ1) is 19.5. The second-order valence-corrected chi connectivity index (χ2v) is 5.82. The summed E-state index contributed by atoms with van der Waals surface area (Å²) in [5.41, 5.74) is -0.559. The molecule has 0 spiro atoms. The molecule has 1 heterocycles. The minimum atomic E-state index is -4.47. The Bertz CT molecular complexity index is 513. The van der Waals surface area contributed by atoms with Crippen molar-refractivity contribution < 1.29 is 22.7 Å². The number of carbonyl (C=O) groups is 1. The number of hydrogen-bond donors (Lipinski definition) is 1. The Balaban J connectivity index is 2.45. The molecule has 23 heavy (non-hydrogen) atoms. The van der Waals surface area contributed by atoms with E-state index in [0.29, 0.717) is 25.3 Å². The molecule has 1 atom stereocenters. The van der Waals surface area contributed by atoms with E-state index in [1.54, 1.807) is 6.92 Å². The van der Waals surface area contributed by atoms with Crippen molar-refractivity contribution in [2.24, 2.45) is 5.92 Å². The van der Waals surface area contributed by atoms with E-state index >= 15 is 0 Å². The molecule has 0 aliphatic rings. The average molecular weight is 335 g/mol. The van der Waals surface area contributed by atoms with Crippen LogP contribution in [0.3, 0.4) is 0 Å². The van der Waals surface area contributed by atoms with Crippen LogP contribution in [0, 0.1) is 12.8 Å². The van der Waals surface area contributed by atoms with Gasteiger partial charge >= 0.3 is 6.18 Å². The van der Waals surface area contributed by atoms with Gasteiger partial charge in [0.15, 0.2) is 5.69 Å².